The third kappa shape index (κ3) is 3.48. The van der Waals surface area contributed by atoms with Crippen LogP contribution in [0.1, 0.15) is 39.5 Å². The van der Waals surface area contributed by atoms with E-state index in [9.17, 15) is 0 Å². The van der Waals surface area contributed by atoms with Gasteiger partial charge in [0.2, 0.25) is 0 Å². The van der Waals surface area contributed by atoms with Crippen molar-refractivity contribution in [2.75, 3.05) is 26.9 Å². The highest BCUT2D eigenvalue weighted by molar-refractivity contribution is 4.94. The highest BCUT2D eigenvalue weighted by Crippen LogP contribution is 2.39. The van der Waals surface area contributed by atoms with Gasteiger partial charge in [-0.25, -0.2) is 0 Å². The van der Waals surface area contributed by atoms with Gasteiger partial charge in [0.05, 0.1) is 11.7 Å². The number of hydrogen-bond donors (Lipinski definition) is 1. The van der Waals surface area contributed by atoms with Gasteiger partial charge in [-0.1, -0.05) is 13.8 Å². The number of methoxy groups -OCH3 is 1. The second kappa shape index (κ2) is 6.53. The van der Waals surface area contributed by atoms with E-state index in [1.807, 2.05) is 0 Å². The van der Waals surface area contributed by atoms with E-state index in [1.54, 1.807) is 7.11 Å². The van der Waals surface area contributed by atoms with Crippen LogP contribution in [-0.4, -0.2) is 44.7 Å². The van der Waals surface area contributed by atoms with Crippen LogP contribution in [0.2, 0.25) is 0 Å². The Balaban J connectivity index is 1.99. The molecule has 4 heteroatoms. The largest absolute Gasteiger partial charge is 0.381 e. The van der Waals surface area contributed by atoms with Crippen molar-refractivity contribution in [3.05, 3.63) is 0 Å². The highest BCUT2D eigenvalue weighted by Gasteiger charge is 2.42. The van der Waals surface area contributed by atoms with Crippen molar-refractivity contribution in [1.29, 1.82) is 0 Å². The highest BCUT2D eigenvalue weighted by atomic mass is 16.5. The predicted molar refractivity (Wildman–Crippen MR) is 75.1 cm³/mol. The Morgan fingerprint density at radius 2 is 1.89 bits per heavy atom. The molecule has 0 saturated carbocycles. The molecule has 2 fully saturated rings. The zero-order valence-corrected chi connectivity index (χ0v) is 12.6. The van der Waals surface area contributed by atoms with Crippen LogP contribution in [-0.2, 0) is 14.2 Å². The van der Waals surface area contributed by atoms with Crippen LogP contribution in [0.3, 0.4) is 0 Å². The summed E-state index contributed by atoms with van der Waals surface area (Å²) in [6, 6.07) is 0.105. The third-order valence-corrected chi connectivity index (χ3v) is 4.79. The van der Waals surface area contributed by atoms with Crippen molar-refractivity contribution in [3.8, 4) is 0 Å². The Morgan fingerprint density at radius 3 is 2.47 bits per heavy atom. The summed E-state index contributed by atoms with van der Waals surface area (Å²) in [5.74, 6) is 0.952. The number of ether oxygens (including phenoxy) is 3. The molecular weight excluding hydrogens is 242 g/mol. The third-order valence-electron chi connectivity index (χ3n) is 4.79. The van der Waals surface area contributed by atoms with Crippen molar-refractivity contribution < 1.29 is 14.2 Å². The minimum Gasteiger partial charge on any atom is -0.381 e. The number of rotatable bonds is 4. The van der Waals surface area contributed by atoms with Crippen LogP contribution < -0.4 is 5.73 Å². The van der Waals surface area contributed by atoms with E-state index < -0.39 is 0 Å². The van der Waals surface area contributed by atoms with Gasteiger partial charge in [0.25, 0.3) is 0 Å². The van der Waals surface area contributed by atoms with Crippen LogP contribution in [0.5, 0.6) is 0 Å². The molecule has 4 nitrogen and oxygen atoms in total. The SMILES string of the molecule is COC(C(C)C)C(N)C1CCOC2(CCOCC2)C1. The second-order valence-corrected chi connectivity index (χ2v) is 6.42. The molecule has 0 aromatic carbocycles. The molecule has 1 spiro atoms. The molecule has 2 aliphatic heterocycles. The topological polar surface area (TPSA) is 53.7 Å². The fraction of sp³-hybridized carbons (Fsp3) is 1.00. The molecule has 2 aliphatic rings. The summed E-state index contributed by atoms with van der Waals surface area (Å²) in [5.41, 5.74) is 6.50. The summed E-state index contributed by atoms with van der Waals surface area (Å²) < 4.78 is 17.2. The lowest BCUT2D eigenvalue weighted by molar-refractivity contribution is -0.153. The van der Waals surface area contributed by atoms with E-state index in [0.717, 1.165) is 45.5 Å². The van der Waals surface area contributed by atoms with Crippen LogP contribution in [0.15, 0.2) is 0 Å². The first kappa shape index (κ1) is 15.2. The molecule has 0 aromatic rings. The average Bonchev–Trinajstić information content (AvgIpc) is 2.40. The van der Waals surface area contributed by atoms with Crippen LogP contribution in [0.4, 0.5) is 0 Å². The minimum atomic E-state index is 0.0219. The van der Waals surface area contributed by atoms with E-state index in [-0.39, 0.29) is 17.7 Å². The van der Waals surface area contributed by atoms with Crippen LogP contribution in [0, 0.1) is 11.8 Å². The molecule has 2 N–H and O–H groups in total. The van der Waals surface area contributed by atoms with Crippen molar-refractivity contribution in [3.63, 3.8) is 0 Å². The summed E-state index contributed by atoms with van der Waals surface area (Å²) in [6.07, 6.45) is 4.27. The molecule has 2 heterocycles. The summed E-state index contributed by atoms with van der Waals surface area (Å²) in [6.45, 7) is 6.82. The molecule has 0 bridgehead atoms. The van der Waals surface area contributed by atoms with Gasteiger partial charge in [0, 0.05) is 33.0 Å². The molecule has 3 unspecified atom stereocenters. The first-order valence-corrected chi connectivity index (χ1v) is 7.58. The summed E-state index contributed by atoms with van der Waals surface area (Å²) >= 11 is 0. The molecule has 0 amide bonds. The van der Waals surface area contributed by atoms with Gasteiger partial charge >= 0.3 is 0 Å². The van der Waals surface area contributed by atoms with Gasteiger partial charge in [-0.3, -0.25) is 0 Å². The molecule has 0 aliphatic carbocycles. The average molecular weight is 271 g/mol. The molecule has 3 atom stereocenters. The zero-order chi connectivity index (χ0) is 13.9. The molecule has 0 aromatic heterocycles. The van der Waals surface area contributed by atoms with E-state index in [4.69, 9.17) is 19.9 Å². The Labute approximate surface area is 117 Å². The van der Waals surface area contributed by atoms with Gasteiger partial charge in [0.15, 0.2) is 0 Å². The Morgan fingerprint density at radius 1 is 1.21 bits per heavy atom. The van der Waals surface area contributed by atoms with Gasteiger partial charge < -0.3 is 19.9 Å². The molecule has 2 rings (SSSR count). The van der Waals surface area contributed by atoms with E-state index in [0.29, 0.717) is 11.8 Å². The van der Waals surface area contributed by atoms with Gasteiger partial charge in [0.1, 0.15) is 0 Å². The van der Waals surface area contributed by atoms with Crippen molar-refractivity contribution in [2.45, 2.75) is 57.3 Å². The first-order valence-electron chi connectivity index (χ1n) is 7.58. The van der Waals surface area contributed by atoms with Crippen molar-refractivity contribution in [1.82, 2.24) is 0 Å². The summed E-state index contributed by atoms with van der Waals surface area (Å²) in [5, 5.41) is 0. The molecular formula is C15H29NO3. The molecule has 19 heavy (non-hydrogen) atoms. The predicted octanol–water partition coefficient (Wildman–Crippen LogP) is 1.96. The second-order valence-electron chi connectivity index (χ2n) is 6.42. The van der Waals surface area contributed by atoms with E-state index in [1.165, 1.54) is 0 Å². The van der Waals surface area contributed by atoms with Crippen molar-refractivity contribution >= 4 is 0 Å². The van der Waals surface area contributed by atoms with E-state index in [2.05, 4.69) is 13.8 Å². The number of hydrogen-bond acceptors (Lipinski definition) is 4. The number of nitrogens with two attached hydrogens (primary N) is 1. The van der Waals surface area contributed by atoms with Gasteiger partial charge in [-0.15, -0.1) is 0 Å². The lowest BCUT2D eigenvalue weighted by Crippen LogP contribution is -2.52. The maximum atomic E-state index is 6.48. The van der Waals surface area contributed by atoms with Crippen LogP contribution in [0.25, 0.3) is 0 Å². The maximum Gasteiger partial charge on any atom is 0.0747 e. The standard InChI is InChI=1S/C15H29NO3/c1-11(2)14(17-3)13(16)12-4-7-19-15(10-12)5-8-18-9-6-15/h11-14H,4-10,16H2,1-3H3. The monoisotopic (exact) mass is 271 g/mol. The molecule has 0 radical (unpaired) electrons. The molecule has 2 saturated heterocycles. The quantitative estimate of drug-likeness (QED) is 0.849. The van der Waals surface area contributed by atoms with E-state index >= 15 is 0 Å². The zero-order valence-electron chi connectivity index (χ0n) is 12.6. The molecule has 112 valence electrons. The first-order chi connectivity index (χ1) is 9.08. The Kier molecular flexibility index (Phi) is 5.23. The summed E-state index contributed by atoms with van der Waals surface area (Å²) in [7, 11) is 1.77. The Hall–Kier alpha value is -0.160. The van der Waals surface area contributed by atoms with Gasteiger partial charge in [-0.05, 0) is 37.5 Å². The normalized spacial score (nSPS) is 30.5. The van der Waals surface area contributed by atoms with Crippen molar-refractivity contribution in [2.24, 2.45) is 17.6 Å². The fourth-order valence-corrected chi connectivity index (χ4v) is 3.63. The fourth-order valence-electron chi connectivity index (χ4n) is 3.63. The lowest BCUT2D eigenvalue weighted by atomic mass is 9.75. The lowest BCUT2D eigenvalue weighted by Gasteiger charge is -2.46. The summed E-state index contributed by atoms with van der Waals surface area (Å²) in [4.78, 5) is 0. The minimum absolute atomic E-state index is 0.0219. The smallest absolute Gasteiger partial charge is 0.0747 e. The van der Waals surface area contributed by atoms with Gasteiger partial charge in [-0.2, -0.15) is 0 Å². The van der Waals surface area contributed by atoms with Crippen LogP contribution >= 0.6 is 0 Å². The maximum absolute atomic E-state index is 6.48. The Bertz CT molecular complexity index is 271.